The summed E-state index contributed by atoms with van der Waals surface area (Å²) in [5.74, 6) is 0. The Labute approximate surface area is 114 Å². The van der Waals surface area contributed by atoms with E-state index in [-0.39, 0.29) is 0 Å². The zero-order valence-electron chi connectivity index (χ0n) is 9.44. The zero-order chi connectivity index (χ0) is 12.1. The smallest absolute Gasteiger partial charge is 0.154 e. The molecule has 0 aliphatic rings. The van der Waals surface area contributed by atoms with Gasteiger partial charge in [-0.25, -0.2) is 4.98 Å². The van der Waals surface area contributed by atoms with E-state index in [2.05, 4.69) is 29.4 Å². The van der Waals surface area contributed by atoms with Gasteiger partial charge in [0.2, 0.25) is 0 Å². The van der Waals surface area contributed by atoms with Crippen LogP contribution in [0, 0.1) is 0 Å². The van der Waals surface area contributed by atoms with E-state index in [9.17, 15) is 0 Å². The van der Waals surface area contributed by atoms with Crippen LogP contribution in [-0.4, -0.2) is 11.5 Å². The molecule has 0 atom stereocenters. The number of nitrogens with zero attached hydrogens (tertiary/aromatic N) is 1. The molecule has 5 heteroatoms. The summed E-state index contributed by atoms with van der Waals surface area (Å²) in [4.78, 5) is 5.37. The average molecular weight is 285 g/mol. The summed E-state index contributed by atoms with van der Waals surface area (Å²) < 4.78 is 1.04. The molecule has 0 saturated carbocycles. The number of aromatic nitrogens is 1. The highest BCUT2D eigenvalue weighted by atomic mass is 35.5. The van der Waals surface area contributed by atoms with Gasteiger partial charge in [0, 0.05) is 28.0 Å². The number of thiazole rings is 1. The van der Waals surface area contributed by atoms with Gasteiger partial charge in [-0.3, -0.25) is 0 Å². The van der Waals surface area contributed by atoms with E-state index in [0.717, 1.165) is 32.9 Å². The molecule has 0 fully saturated rings. The fourth-order valence-electron chi connectivity index (χ4n) is 1.36. The standard InChI is InChI=1S/C12H13ClN2S2/c1-2-14-8-9-3-4-10(7-11(9)13)17-12-15-5-6-16-12/h3-7,14H,2,8H2,1H3. The summed E-state index contributed by atoms with van der Waals surface area (Å²) >= 11 is 9.52. The van der Waals surface area contributed by atoms with Gasteiger partial charge in [-0.1, -0.05) is 36.4 Å². The van der Waals surface area contributed by atoms with Gasteiger partial charge >= 0.3 is 0 Å². The first kappa shape index (κ1) is 12.9. The van der Waals surface area contributed by atoms with Crippen LogP contribution in [0.4, 0.5) is 0 Å². The van der Waals surface area contributed by atoms with Crippen molar-refractivity contribution in [1.29, 1.82) is 0 Å². The third-order valence-corrected chi connectivity index (χ3v) is 4.43. The number of hydrogen-bond acceptors (Lipinski definition) is 4. The monoisotopic (exact) mass is 284 g/mol. The summed E-state index contributed by atoms with van der Waals surface area (Å²) in [6, 6.07) is 6.16. The molecule has 0 unspecified atom stereocenters. The Morgan fingerprint density at radius 1 is 1.47 bits per heavy atom. The van der Waals surface area contributed by atoms with Crippen molar-refractivity contribution in [3.05, 3.63) is 40.4 Å². The fraction of sp³-hybridized carbons (Fsp3) is 0.250. The lowest BCUT2D eigenvalue weighted by molar-refractivity contribution is 0.726. The molecular weight excluding hydrogens is 272 g/mol. The van der Waals surface area contributed by atoms with Crippen molar-refractivity contribution in [2.45, 2.75) is 22.7 Å². The molecule has 17 heavy (non-hydrogen) atoms. The summed E-state index contributed by atoms with van der Waals surface area (Å²) in [6.45, 7) is 3.85. The van der Waals surface area contributed by atoms with Gasteiger partial charge in [-0.15, -0.1) is 11.3 Å². The maximum absolute atomic E-state index is 6.23. The summed E-state index contributed by atoms with van der Waals surface area (Å²) in [5.41, 5.74) is 1.14. The van der Waals surface area contributed by atoms with Crippen LogP contribution in [0.3, 0.4) is 0 Å². The molecule has 90 valence electrons. The lowest BCUT2D eigenvalue weighted by Crippen LogP contribution is -2.11. The molecule has 0 saturated heterocycles. The van der Waals surface area contributed by atoms with Gasteiger partial charge in [0.25, 0.3) is 0 Å². The Bertz CT molecular complexity index is 471. The quantitative estimate of drug-likeness (QED) is 0.896. The Morgan fingerprint density at radius 3 is 3.00 bits per heavy atom. The van der Waals surface area contributed by atoms with Gasteiger partial charge in [0.05, 0.1) is 0 Å². The maximum Gasteiger partial charge on any atom is 0.154 e. The van der Waals surface area contributed by atoms with Gasteiger partial charge in [0.15, 0.2) is 4.34 Å². The van der Waals surface area contributed by atoms with Crippen molar-refractivity contribution in [3.63, 3.8) is 0 Å². The first-order chi connectivity index (χ1) is 8.29. The predicted octanol–water partition coefficient (Wildman–Crippen LogP) is 4.06. The molecule has 2 nitrogen and oxygen atoms in total. The van der Waals surface area contributed by atoms with Crippen LogP contribution < -0.4 is 5.32 Å². The van der Waals surface area contributed by atoms with Crippen LogP contribution in [0.1, 0.15) is 12.5 Å². The molecule has 0 bridgehead atoms. The predicted molar refractivity (Wildman–Crippen MR) is 75.1 cm³/mol. The minimum Gasteiger partial charge on any atom is -0.313 e. The topological polar surface area (TPSA) is 24.9 Å². The van der Waals surface area contributed by atoms with Gasteiger partial charge < -0.3 is 5.32 Å². The number of halogens is 1. The molecule has 0 spiro atoms. The van der Waals surface area contributed by atoms with Crippen LogP contribution in [-0.2, 0) is 6.54 Å². The molecule has 0 radical (unpaired) electrons. The lowest BCUT2D eigenvalue weighted by atomic mass is 10.2. The number of rotatable bonds is 5. The van der Waals surface area contributed by atoms with Crippen LogP contribution in [0.2, 0.25) is 5.02 Å². The zero-order valence-corrected chi connectivity index (χ0v) is 11.8. The van der Waals surface area contributed by atoms with E-state index < -0.39 is 0 Å². The lowest BCUT2D eigenvalue weighted by Gasteiger charge is -2.06. The first-order valence-electron chi connectivity index (χ1n) is 5.36. The Morgan fingerprint density at radius 2 is 2.35 bits per heavy atom. The normalized spacial score (nSPS) is 10.7. The summed E-state index contributed by atoms with van der Waals surface area (Å²) in [7, 11) is 0. The first-order valence-corrected chi connectivity index (χ1v) is 7.43. The molecule has 1 N–H and O–H groups in total. The van der Waals surface area contributed by atoms with Crippen molar-refractivity contribution < 1.29 is 0 Å². The third kappa shape index (κ3) is 3.71. The number of nitrogens with one attached hydrogen (secondary N) is 1. The van der Waals surface area contributed by atoms with E-state index in [1.807, 2.05) is 17.6 Å². The van der Waals surface area contributed by atoms with E-state index >= 15 is 0 Å². The molecule has 0 aliphatic heterocycles. The van der Waals surface area contributed by atoms with E-state index in [1.54, 1.807) is 23.1 Å². The minimum absolute atomic E-state index is 0.813. The Balaban J connectivity index is 2.08. The number of benzene rings is 1. The van der Waals surface area contributed by atoms with E-state index in [1.165, 1.54) is 0 Å². The molecular formula is C12H13ClN2S2. The van der Waals surface area contributed by atoms with Crippen molar-refractivity contribution in [3.8, 4) is 0 Å². The maximum atomic E-state index is 6.23. The largest absolute Gasteiger partial charge is 0.313 e. The van der Waals surface area contributed by atoms with Crippen LogP contribution in [0.5, 0.6) is 0 Å². The Hall–Kier alpha value is -0.550. The average Bonchev–Trinajstić information content (AvgIpc) is 2.81. The van der Waals surface area contributed by atoms with E-state index in [0.29, 0.717) is 0 Å². The molecule has 2 rings (SSSR count). The molecule has 0 amide bonds. The molecule has 1 aromatic heterocycles. The molecule has 1 heterocycles. The number of hydrogen-bond donors (Lipinski definition) is 1. The van der Waals surface area contributed by atoms with Gasteiger partial charge in [-0.05, 0) is 24.2 Å². The molecule has 2 aromatic rings. The van der Waals surface area contributed by atoms with Crippen molar-refractivity contribution in [2.24, 2.45) is 0 Å². The SMILES string of the molecule is CCNCc1ccc(Sc2nccs2)cc1Cl. The highest BCUT2D eigenvalue weighted by Gasteiger charge is 2.04. The van der Waals surface area contributed by atoms with Crippen molar-refractivity contribution >= 4 is 34.7 Å². The van der Waals surface area contributed by atoms with Crippen LogP contribution in [0.15, 0.2) is 39.0 Å². The van der Waals surface area contributed by atoms with Crippen molar-refractivity contribution in [2.75, 3.05) is 6.54 Å². The fourth-order valence-corrected chi connectivity index (χ4v) is 3.30. The highest BCUT2D eigenvalue weighted by molar-refractivity contribution is 8.01. The second-order valence-corrected chi connectivity index (χ2v) is 6.06. The minimum atomic E-state index is 0.813. The summed E-state index contributed by atoms with van der Waals surface area (Å²) in [5, 5.41) is 6.06. The highest BCUT2D eigenvalue weighted by Crippen LogP contribution is 2.31. The summed E-state index contributed by atoms with van der Waals surface area (Å²) in [6.07, 6.45) is 1.81. The second-order valence-electron chi connectivity index (χ2n) is 3.43. The Kier molecular flexibility index (Phi) is 4.86. The second kappa shape index (κ2) is 6.40. The van der Waals surface area contributed by atoms with Gasteiger partial charge in [0.1, 0.15) is 0 Å². The van der Waals surface area contributed by atoms with Crippen molar-refractivity contribution in [1.82, 2.24) is 10.3 Å². The molecule has 0 aliphatic carbocycles. The van der Waals surface area contributed by atoms with Crippen LogP contribution >= 0.6 is 34.7 Å². The van der Waals surface area contributed by atoms with Crippen LogP contribution in [0.25, 0.3) is 0 Å². The third-order valence-electron chi connectivity index (χ3n) is 2.20. The van der Waals surface area contributed by atoms with Gasteiger partial charge in [-0.2, -0.15) is 0 Å². The molecule has 1 aromatic carbocycles. The van der Waals surface area contributed by atoms with E-state index in [4.69, 9.17) is 11.6 Å².